The minimum absolute atomic E-state index is 0.194. The molecule has 0 unspecified atom stereocenters. The summed E-state index contributed by atoms with van der Waals surface area (Å²) < 4.78 is 1.08. The Bertz CT molecular complexity index is 386. The molecule has 0 fully saturated rings. The molecule has 0 saturated heterocycles. The van der Waals surface area contributed by atoms with Crippen molar-refractivity contribution in [2.45, 2.75) is 6.54 Å². The molecule has 0 amide bonds. The molecule has 1 aromatic rings. The van der Waals surface area contributed by atoms with Gasteiger partial charge in [0.1, 0.15) is 18.9 Å². The highest BCUT2D eigenvalue weighted by molar-refractivity contribution is 5.75. The number of rotatable bonds is 5. The van der Waals surface area contributed by atoms with Crippen LogP contribution in [0.5, 0.6) is 0 Å². The van der Waals surface area contributed by atoms with Crippen molar-refractivity contribution in [3.8, 4) is 0 Å². The van der Waals surface area contributed by atoms with E-state index in [1.807, 2.05) is 0 Å². The lowest BCUT2D eigenvalue weighted by molar-refractivity contribution is -0.138. The SMILES string of the molecule is Nc1cnn(CC(=O)O)c1NCC(=O)O. The summed E-state index contributed by atoms with van der Waals surface area (Å²) in [6.45, 7) is -0.728. The summed E-state index contributed by atoms with van der Waals surface area (Å²) in [6, 6.07) is 0. The van der Waals surface area contributed by atoms with Crippen LogP contribution in [0.15, 0.2) is 6.20 Å². The Balaban J connectivity index is 2.79. The Morgan fingerprint density at radius 2 is 2.13 bits per heavy atom. The molecule has 1 rings (SSSR count). The Labute approximate surface area is 84.3 Å². The molecule has 8 nitrogen and oxygen atoms in total. The Kier molecular flexibility index (Phi) is 3.11. The highest BCUT2D eigenvalue weighted by atomic mass is 16.4. The van der Waals surface area contributed by atoms with Gasteiger partial charge < -0.3 is 21.3 Å². The van der Waals surface area contributed by atoms with Gasteiger partial charge in [0.05, 0.1) is 11.9 Å². The first-order valence-electron chi connectivity index (χ1n) is 3.99. The minimum atomic E-state index is -1.09. The maximum absolute atomic E-state index is 10.4. The number of nitrogens with two attached hydrogens (primary N) is 1. The average Bonchev–Trinajstić information content (AvgIpc) is 2.43. The van der Waals surface area contributed by atoms with Gasteiger partial charge >= 0.3 is 11.9 Å². The summed E-state index contributed by atoms with van der Waals surface area (Å²) in [7, 11) is 0. The van der Waals surface area contributed by atoms with Crippen LogP contribution >= 0.6 is 0 Å². The predicted molar refractivity (Wildman–Crippen MR) is 50.4 cm³/mol. The second-order valence-electron chi connectivity index (χ2n) is 2.75. The van der Waals surface area contributed by atoms with E-state index in [0.717, 1.165) is 4.68 Å². The topological polar surface area (TPSA) is 130 Å². The number of aliphatic carboxylic acids is 2. The maximum Gasteiger partial charge on any atom is 0.325 e. The van der Waals surface area contributed by atoms with Crippen LogP contribution in [0.25, 0.3) is 0 Å². The minimum Gasteiger partial charge on any atom is -0.480 e. The van der Waals surface area contributed by atoms with E-state index in [1.54, 1.807) is 0 Å². The van der Waals surface area contributed by atoms with Crippen molar-refractivity contribution in [1.29, 1.82) is 0 Å². The first-order valence-corrected chi connectivity index (χ1v) is 3.99. The zero-order valence-electron chi connectivity index (χ0n) is 7.67. The van der Waals surface area contributed by atoms with Crippen molar-refractivity contribution in [1.82, 2.24) is 9.78 Å². The van der Waals surface area contributed by atoms with Crippen LogP contribution in [0.2, 0.25) is 0 Å². The van der Waals surface area contributed by atoms with Gasteiger partial charge in [-0.3, -0.25) is 9.59 Å². The number of anilines is 2. The summed E-state index contributed by atoms with van der Waals surface area (Å²) in [5.74, 6) is -1.96. The quantitative estimate of drug-likeness (QED) is 0.496. The lowest BCUT2D eigenvalue weighted by Gasteiger charge is -2.06. The van der Waals surface area contributed by atoms with Crippen LogP contribution in [-0.4, -0.2) is 38.5 Å². The number of carboxylic acids is 2. The third kappa shape index (κ3) is 2.86. The smallest absolute Gasteiger partial charge is 0.325 e. The van der Waals surface area contributed by atoms with E-state index in [1.165, 1.54) is 6.20 Å². The monoisotopic (exact) mass is 214 g/mol. The largest absolute Gasteiger partial charge is 0.480 e. The molecule has 0 bridgehead atoms. The van der Waals surface area contributed by atoms with Crippen molar-refractivity contribution in [3.63, 3.8) is 0 Å². The van der Waals surface area contributed by atoms with Gasteiger partial charge in [-0.25, -0.2) is 4.68 Å². The second kappa shape index (κ2) is 4.31. The van der Waals surface area contributed by atoms with Crippen molar-refractivity contribution < 1.29 is 19.8 Å². The lowest BCUT2D eigenvalue weighted by atomic mass is 10.5. The van der Waals surface area contributed by atoms with Crippen molar-refractivity contribution in [2.75, 3.05) is 17.6 Å². The third-order valence-corrected chi connectivity index (χ3v) is 1.56. The molecule has 0 radical (unpaired) electrons. The summed E-state index contributed by atoms with van der Waals surface area (Å²) >= 11 is 0. The van der Waals surface area contributed by atoms with Crippen molar-refractivity contribution in [2.24, 2.45) is 0 Å². The number of hydrogen-bond acceptors (Lipinski definition) is 5. The Morgan fingerprint density at radius 3 is 2.67 bits per heavy atom. The molecule has 0 spiro atoms. The molecule has 0 aliphatic heterocycles. The summed E-state index contributed by atoms with van der Waals surface area (Å²) in [5.41, 5.74) is 5.68. The van der Waals surface area contributed by atoms with Gasteiger partial charge in [-0.1, -0.05) is 0 Å². The molecule has 1 aromatic heterocycles. The molecule has 0 saturated carbocycles. The number of carboxylic acid groups (broad SMARTS) is 2. The lowest BCUT2D eigenvalue weighted by Crippen LogP contribution is -2.18. The zero-order chi connectivity index (χ0) is 11.4. The van der Waals surface area contributed by atoms with E-state index in [4.69, 9.17) is 15.9 Å². The average molecular weight is 214 g/mol. The van der Waals surface area contributed by atoms with E-state index in [2.05, 4.69) is 10.4 Å². The standard InChI is InChI=1S/C7H10N4O4/c8-4-1-10-11(3-6(14)15)7(4)9-2-5(12)13/h1,9H,2-3,8H2,(H,12,13)(H,14,15). The predicted octanol–water partition coefficient (Wildman–Crippen LogP) is -0.954. The van der Waals surface area contributed by atoms with Gasteiger partial charge in [-0.05, 0) is 0 Å². The fourth-order valence-corrected chi connectivity index (χ4v) is 1.00. The first-order chi connectivity index (χ1) is 7.00. The number of nitrogen functional groups attached to an aromatic ring is 1. The van der Waals surface area contributed by atoms with Gasteiger partial charge in [0.15, 0.2) is 0 Å². The van der Waals surface area contributed by atoms with Crippen LogP contribution in [0.1, 0.15) is 0 Å². The second-order valence-corrected chi connectivity index (χ2v) is 2.75. The molecule has 0 aliphatic carbocycles. The van der Waals surface area contributed by atoms with E-state index in [0.29, 0.717) is 0 Å². The molecule has 5 N–H and O–H groups in total. The Morgan fingerprint density at radius 1 is 1.47 bits per heavy atom. The molecular formula is C7H10N4O4. The van der Waals surface area contributed by atoms with Gasteiger partial charge in [0.2, 0.25) is 0 Å². The van der Waals surface area contributed by atoms with Crippen LogP contribution in [-0.2, 0) is 16.1 Å². The van der Waals surface area contributed by atoms with Crippen LogP contribution in [0, 0.1) is 0 Å². The number of carbonyl (C=O) groups is 2. The molecule has 0 aliphatic rings. The molecule has 1 heterocycles. The number of hydrogen-bond donors (Lipinski definition) is 4. The van der Waals surface area contributed by atoms with Crippen molar-refractivity contribution >= 4 is 23.4 Å². The fourth-order valence-electron chi connectivity index (χ4n) is 1.00. The number of aromatic nitrogens is 2. The summed E-state index contributed by atoms with van der Waals surface area (Å²) in [4.78, 5) is 20.7. The van der Waals surface area contributed by atoms with E-state index in [-0.39, 0.29) is 24.6 Å². The molecule has 0 aromatic carbocycles. The zero-order valence-corrected chi connectivity index (χ0v) is 7.67. The van der Waals surface area contributed by atoms with E-state index < -0.39 is 11.9 Å². The van der Waals surface area contributed by atoms with Crippen LogP contribution in [0.3, 0.4) is 0 Å². The number of nitrogens with one attached hydrogen (secondary N) is 1. The van der Waals surface area contributed by atoms with Gasteiger partial charge in [0, 0.05) is 0 Å². The van der Waals surface area contributed by atoms with Crippen molar-refractivity contribution in [3.05, 3.63) is 6.20 Å². The highest BCUT2D eigenvalue weighted by Crippen LogP contribution is 2.16. The third-order valence-electron chi connectivity index (χ3n) is 1.56. The van der Waals surface area contributed by atoms with E-state index in [9.17, 15) is 9.59 Å². The first kappa shape index (κ1) is 10.8. The summed E-state index contributed by atoms with van der Waals surface area (Å²) in [6.07, 6.45) is 1.26. The molecule has 15 heavy (non-hydrogen) atoms. The maximum atomic E-state index is 10.4. The normalized spacial score (nSPS) is 9.87. The molecule has 82 valence electrons. The summed E-state index contributed by atoms with van der Waals surface area (Å²) in [5, 5.41) is 23.1. The molecule has 8 heteroatoms. The highest BCUT2D eigenvalue weighted by Gasteiger charge is 2.11. The van der Waals surface area contributed by atoms with Crippen LogP contribution in [0.4, 0.5) is 11.5 Å². The number of nitrogens with zero attached hydrogens (tertiary/aromatic N) is 2. The fraction of sp³-hybridized carbons (Fsp3) is 0.286. The van der Waals surface area contributed by atoms with E-state index >= 15 is 0 Å². The molecular weight excluding hydrogens is 204 g/mol. The van der Waals surface area contributed by atoms with Crippen LogP contribution < -0.4 is 11.1 Å². The van der Waals surface area contributed by atoms with Gasteiger partial charge in [-0.15, -0.1) is 0 Å². The molecule has 0 atom stereocenters. The van der Waals surface area contributed by atoms with Gasteiger partial charge in [0.25, 0.3) is 0 Å². The Hall–Kier alpha value is -2.25. The van der Waals surface area contributed by atoms with Gasteiger partial charge in [-0.2, -0.15) is 5.10 Å².